The van der Waals surface area contributed by atoms with Crippen molar-refractivity contribution in [2.45, 2.75) is 19.6 Å². The number of benzene rings is 6. The number of aromatic carboxylic acids is 1. The van der Waals surface area contributed by atoms with Crippen molar-refractivity contribution in [1.29, 1.82) is 0 Å². The monoisotopic (exact) mass is 976 g/mol. The number of nitrogens with zero attached hydrogens (tertiary/aromatic N) is 7. The smallest absolute Gasteiger partial charge is 0.335 e. The predicted octanol–water partition coefficient (Wildman–Crippen LogP) is 7.77. The molecule has 0 aliphatic heterocycles. The Balaban J connectivity index is 1.18. The van der Waals surface area contributed by atoms with Crippen molar-refractivity contribution in [1.82, 2.24) is 15.0 Å². The van der Waals surface area contributed by atoms with Gasteiger partial charge in [0.25, 0.3) is 40.5 Å². The molecule has 0 radical (unpaired) electrons. The van der Waals surface area contributed by atoms with Crippen LogP contribution in [0.15, 0.2) is 161 Å². The highest BCUT2D eigenvalue weighted by atomic mass is 32.2. The van der Waals surface area contributed by atoms with Gasteiger partial charge in [0.05, 0.1) is 38.9 Å². The molecule has 1 aromatic heterocycles. The molecule has 338 valence electrons. The normalized spacial score (nSPS) is 12.4. The van der Waals surface area contributed by atoms with Crippen LogP contribution in [-0.2, 0) is 40.5 Å². The number of carboxylic acid groups (broad SMARTS) is 1. The lowest BCUT2D eigenvalue weighted by Crippen LogP contribution is -2.09. The molecule has 0 amide bonds. The van der Waals surface area contributed by atoms with Crippen LogP contribution in [-0.4, -0.2) is 77.9 Å². The van der Waals surface area contributed by atoms with E-state index in [4.69, 9.17) is 0 Å². The minimum Gasteiger partial charge on any atom is -0.478 e. The lowest BCUT2D eigenvalue weighted by molar-refractivity contribution is 0.0696. The Bertz CT molecular complexity index is 3580. The lowest BCUT2D eigenvalue weighted by atomic mass is 10.1. The van der Waals surface area contributed by atoms with Crippen molar-refractivity contribution < 1.29 is 61.8 Å². The largest absolute Gasteiger partial charge is 0.478 e. The zero-order valence-corrected chi connectivity index (χ0v) is 36.0. The van der Waals surface area contributed by atoms with Crippen LogP contribution in [0.2, 0.25) is 0 Å². The summed E-state index contributed by atoms with van der Waals surface area (Å²) in [6, 6.07) is 25.1. The van der Waals surface area contributed by atoms with Crippen molar-refractivity contribution in [3.63, 3.8) is 0 Å². The zero-order chi connectivity index (χ0) is 47.6. The van der Waals surface area contributed by atoms with E-state index in [2.05, 4.69) is 51.4 Å². The lowest BCUT2D eigenvalue weighted by Gasteiger charge is -2.13. The van der Waals surface area contributed by atoms with Crippen LogP contribution >= 0.6 is 0 Å². The number of carbonyl (C=O) groups is 1. The van der Waals surface area contributed by atoms with Crippen molar-refractivity contribution in [2.75, 3.05) is 16.0 Å². The molecule has 0 saturated heterocycles. The Hall–Kier alpha value is -7.70. The first-order valence-electron chi connectivity index (χ1n) is 18.0. The third-order valence-electron chi connectivity index (χ3n) is 8.79. The van der Waals surface area contributed by atoms with E-state index in [1.807, 2.05) is 0 Å². The quantitative estimate of drug-likeness (QED) is 0.0359. The van der Waals surface area contributed by atoms with Gasteiger partial charge in [0.1, 0.15) is 14.7 Å². The van der Waals surface area contributed by atoms with Crippen LogP contribution in [0.3, 0.4) is 0 Å². The van der Waals surface area contributed by atoms with Gasteiger partial charge in [-0.25, -0.2) is 4.79 Å². The number of nitrogens with one attached hydrogen (secondary N) is 3. The Morgan fingerprint density at radius 3 is 1.41 bits per heavy atom. The number of azo groups is 2. The molecule has 8 N–H and O–H groups in total. The molecule has 24 nitrogen and oxygen atoms in total. The zero-order valence-electron chi connectivity index (χ0n) is 32.7. The standard InChI is InChI=1S/C38H28N10O14S4/c49-35(50)21-4-6-22(7-5-21)39-36-42-37(44-38(43-36)41-31-17-14-26(19-34(31)66(60,61)62)47-45-25-12-15-28(16-13-25)63(51,52)53)40-23-8-10-24(11-9-23)46-48-27-18-30-29(33(20-27)65(57,58)59)2-1-3-32(30)64(54,55)56/h1-20H,(H,49,50)(H,51,52,53)(H,54,55,56)(H,57,58,59)(H,60,61,62)(H3,39,40,41,42,43,44). The molecule has 0 aliphatic rings. The van der Waals surface area contributed by atoms with Gasteiger partial charge >= 0.3 is 5.97 Å². The molecule has 0 spiro atoms. The van der Waals surface area contributed by atoms with Crippen LogP contribution in [0.4, 0.5) is 57.7 Å². The number of hydrogen-bond acceptors (Lipinski definition) is 19. The second kappa shape index (κ2) is 18.1. The van der Waals surface area contributed by atoms with E-state index in [-0.39, 0.29) is 62.6 Å². The Morgan fingerprint density at radius 2 is 0.894 bits per heavy atom. The number of fused-ring (bicyclic) bond motifs is 1. The maximum absolute atomic E-state index is 12.6. The maximum Gasteiger partial charge on any atom is 0.335 e. The van der Waals surface area contributed by atoms with Crippen LogP contribution in [0.25, 0.3) is 10.8 Å². The number of rotatable bonds is 15. The molecule has 0 unspecified atom stereocenters. The van der Waals surface area contributed by atoms with Crippen LogP contribution in [0, 0.1) is 0 Å². The van der Waals surface area contributed by atoms with Crippen molar-refractivity contribution in [3.05, 3.63) is 127 Å². The summed E-state index contributed by atoms with van der Waals surface area (Å²) in [4.78, 5) is 21.9. The van der Waals surface area contributed by atoms with Gasteiger partial charge < -0.3 is 21.1 Å². The molecule has 0 aliphatic carbocycles. The minimum absolute atomic E-state index is 0.00826. The van der Waals surface area contributed by atoms with Crippen molar-refractivity contribution >= 4 is 115 Å². The van der Waals surface area contributed by atoms with Gasteiger partial charge in [-0.1, -0.05) is 12.1 Å². The number of aromatic nitrogens is 3. The summed E-state index contributed by atoms with van der Waals surface area (Å²) in [7, 11) is -19.2. The minimum atomic E-state index is -4.96. The molecule has 66 heavy (non-hydrogen) atoms. The third-order valence-corrected chi connectivity index (χ3v) is 12.4. The molecule has 7 aromatic rings. The molecule has 1 heterocycles. The van der Waals surface area contributed by atoms with Gasteiger partial charge in [-0.3, -0.25) is 18.2 Å². The maximum atomic E-state index is 12.6. The first kappa shape index (κ1) is 46.3. The Kier molecular flexibility index (Phi) is 12.7. The van der Waals surface area contributed by atoms with Gasteiger partial charge in [-0.15, -0.1) is 0 Å². The molecule has 0 atom stereocenters. The van der Waals surface area contributed by atoms with Crippen molar-refractivity contribution in [2.24, 2.45) is 20.5 Å². The Labute approximate surface area is 372 Å². The van der Waals surface area contributed by atoms with E-state index in [1.165, 1.54) is 84.9 Å². The van der Waals surface area contributed by atoms with Crippen LogP contribution in [0.1, 0.15) is 10.4 Å². The topological polar surface area (TPSA) is 379 Å². The van der Waals surface area contributed by atoms with Gasteiger partial charge in [-0.2, -0.15) is 69.1 Å². The first-order valence-corrected chi connectivity index (χ1v) is 23.8. The second-order valence-electron chi connectivity index (χ2n) is 13.4. The molecular weight excluding hydrogens is 949 g/mol. The molecule has 7 rings (SSSR count). The van der Waals surface area contributed by atoms with E-state index >= 15 is 0 Å². The molecule has 6 aromatic carbocycles. The van der Waals surface area contributed by atoms with Crippen LogP contribution in [0.5, 0.6) is 0 Å². The predicted molar refractivity (Wildman–Crippen MR) is 234 cm³/mol. The summed E-state index contributed by atoms with van der Waals surface area (Å²) in [5.74, 6) is -1.73. The van der Waals surface area contributed by atoms with Gasteiger partial charge in [-0.05, 0) is 109 Å². The van der Waals surface area contributed by atoms with E-state index in [9.17, 15) is 61.8 Å². The molecule has 0 fully saturated rings. The average molecular weight is 977 g/mol. The second-order valence-corrected chi connectivity index (χ2v) is 19.0. The molecular formula is C38H28N10O14S4. The summed E-state index contributed by atoms with van der Waals surface area (Å²) in [5.41, 5.74) is 0.498. The number of anilines is 6. The average Bonchev–Trinajstić information content (AvgIpc) is 3.24. The van der Waals surface area contributed by atoms with E-state index in [0.29, 0.717) is 11.4 Å². The summed E-state index contributed by atoms with van der Waals surface area (Å²) in [6.07, 6.45) is 0. The molecule has 0 bridgehead atoms. The highest BCUT2D eigenvalue weighted by Gasteiger charge is 2.22. The van der Waals surface area contributed by atoms with E-state index in [0.717, 1.165) is 36.4 Å². The summed E-state index contributed by atoms with van der Waals surface area (Å²) < 4.78 is 135. The summed E-state index contributed by atoms with van der Waals surface area (Å²) >= 11 is 0. The Morgan fingerprint density at radius 1 is 0.439 bits per heavy atom. The summed E-state index contributed by atoms with van der Waals surface area (Å²) in [5, 5.41) is 33.3. The fourth-order valence-electron chi connectivity index (χ4n) is 5.84. The third kappa shape index (κ3) is 11.3. The highest BCUT2D eigenvalue weighted by Crippen LogP contribution is 2.35. The number of carboxylic acids is 1. The first-order chi connectivity index (χ1) is 31.0. The molecule has 0 saturated carbocycles. The highest BCUT2D eigenvalue weighted by molar-refractivity contribution is 7.87. The van der Waals surface area contributed by atoms with E-state index in [1.54, 1.807) is 0 Å². The van der Waals surface area contributed by atoms with Gasteiger partial charge in [0.15, 0.2) is 0 Å². The van der Waals surface area contributed by atoms with E-state index < -0.39 is 66.0 Å². The fraction of sp³-hybridized carbons (Fsp3) is 0. The van der Waals surface area contributed by atoms with Gasteiger partial charge in [0, 0.05) is 22.1 Å². The van der Waals surface area contributed by atoms with Crippen molar-refractivity contribution in [3.8, 4) is 0 Å². The number of hydrogen-bond donors (Lipinski definition) is 8. The fourth-order valence-corrected chi connectivity index (χ4v) is 8.41. The van der Waals surface area contributed by atoms with Gasteiger partial charge in [0.2, 0.25) is 17.8 Å². The summed E-state index contributed by atoms with van der Waals surface area (Å²) in [6.45, 7) is 0. The molecule has 28 heteroatoms. The SMILES string of the molecule is O=C(O)c1ccc(Nc2nc(Nc3ccc(N=Nc4cc(S(=O)(=O)O)c5cccc(S(=O)(=O)O)c5c4)cc3)nc(Nc3ccc(N=Nc4ccc(S(=O)(=O)O)cc4)cc3S(=O)(=O)O)n2)cc1. The van der Waals surface area contributed by atoms with Crippen LogP contribution < -0.4 is 16.0 Å².